The Morgan fingerprint density at radius 2 is 2.10 bits per heavy atom. The van der Waals surface area contributed by atoms with E-state index in [1.54, 1.807) is 24.6 Å². The summed E-state index contributed by atoms with van der Waals surface area (Å²) in [5.41, 5.74) is 4.48. The highest BCUT2D eigenvalue weighted by Crippen LogP contribution is 2.32. The second-order valence-electron chi connectivity index (χ2n) is 7.40. The smallest absolute Gasteiger partial charge is 0.331 e. The molecule has 30 heavy (non-hydrogen) atoms. The van der Waals surface area contributed by atoms with Crippen LogP contribution < -0.4 is 11.0 Å². The molecule has 1 aliphatic rings. The predicted octanol–water partition coefficient (Wildman–Crippen LogP) is 2.82. The van der Waals surface area contributed by atoms with Crippen LogP contribution in [0.3, 0.4) is 0 Å². The molecule has 1 aromatic carbocycles. The molecule has 0 amide bonds. The third-order valence-electron chi connectivity index (χ3n) is 5.75. The fourth-order valence-electron chi connectivity index (χ4n) is 3.97. The van der Waals surface area contributed by atoms with Crippen molar-refractivity contribution in [3.63, 3.8) is 0 Å². The molecule has 10 heteroatoms. The summed E-state index contributed by atoms with van der Waals surface area (Å²) in [4.78, 5) is 26.4. The summed E-state index contributed by atoms with van der Waals surface area (Å²) in [7, 11) is 1.67. The van der Waals surface area contributed by atoms with Gasteiger partial charge in [0.15, 0.2) is 5.65 Å². The zero-order valence-electron chi connectivity index (χ0n) is 16.5. The highest BCUT2D eigenvalue weighted by atomic mass is 32.1. The average Bonchev–Trinajstić information content (AvgIpc) is 3.34. The van der Waals surface area contributed by atoms with Gasteiger partial charge in [-0.15, -0.1) is 11.3 Å². The van der Waals surface area contributed by atoms with E-state index in [9.17, 15) is 10.1 Å². The van der Waals surface area contributed by atoms with Crippen LogP contribution in [0.1, 0.15) is 18.4 Å². The van der Waals surface area contributed by atoms with Gasteiger partial charge in [-0.05, 0) is 24.6 Å². The number of nitrogens with one attached hydrogen (secondary N) is 1. The number of benzene rings is 1. The fourth-order valence-corrected chi connectivity index (χ4v) is 4.77. The molecule has 1 aliphatic heterocycles. The minimum atomic E-state index is -0.974. The molecule has 152 valence electrons. The standard InChI is InChI=1S/C20H19N7O2S/c1-12-13(3-4-14-16(12)30-11-23-14)24-18-22-9-15-17(25-18)27(19(28)26(15)2)20(10-21)5-7-29-8-6-20/h3-4,9,11H,5-8H2,1-2H3,(H,22,24,25). The van der Waals surface area contributed by atoms with E-state index in [1.165, 1.54) is 9.13 Å². The lowest BCUT2D eigenvalue weighted by Gasteiger charge is -2.31. The second kappa shape index (κ2) is 6.90. The lowest BCUT2D eigenvalue weighted by Crippen LogP contribution is -2.44. The number of fused-ring (bicyclic) bond motifs is 2. The first-order valence-corrected chi connectivity index (χ1v) is 10.5. The number of imidazole rings is 1. The monoisotopic (exact) mass is 421 g/mol. The van der Waals surface area contributed by atoms with Crippen molar-refractivity contribution in [2.75, 3.05) is 18.5 Å². The van der Waals surface area contributed by atoms with E-state index in [0.717, 1.165) is 21.5 Å². The van der Waals surface area contributed by atoms with Crippen molar-refractivity contribution >= 4 is 44.4 Å². The molecular formula is C20H19N7O2S. The minimum Gasteiger partial charge on any atom is -0.381 e. The molecule has 9 nitrogen and oxygen atoms in total. The van der Waals surface area contributed by atoms with Crippen LogP contribution in [0.25, 0.3) is 21.4 Å². The first kappa shape index (κ1) is 18.7. The highest BCUT2D eigenvalue weighted by molar-refractivity contribution is 7.17. The first-order valence-electron chi connectivity index (χ1n) is 9.58. The van der Waals surface area contributed by atoms with Crippen molar-refractivity contribution in [1.29, 1.82) is 5.26 Å². The van der Waals surface area contributed by atoms with Gasteiger partial charge in [-0.1, -0.05) is 0 Å². The van der Waals surface area contributed by atoms with Gasteiger partial charge in [0, 0.05) is 38.8 Å². The summed E-state index contributed by atoms with van der Waals surface area (Å²) in [6.45, 7) is 2.88. The lowest BCUT2D eigenvalue weighted by molar-refractivity contribution is 0.0448. The van der Waals surface area contributed by atoms with Crippen molar-refractivity contribution in [2.24, 2.45) is 7.05 Å². The van der Waals surface area contributed by atoms with Gasteiger partial charge in [0.1, 0.15) is 11.1 Å². The van der Waals surface area contributed by atoms with Crippen molar-refractivity contribution < 1.29 is 4.74 Å². The summed E-state index contributed by atoms with van der Waals surface area (Å²) in [5.74, 6) is 0.369. The summed E-state index contributed by atoms with van der Waals surface area (Å²) in [6, 6.07) is 6.25. The molecule has 0 atom stereocenters. The molecule has 0 bridgehead atoms. The van der Waals surface area contributed by atoms with Crippen LogP contribution in [0, 0.1) is 18.3 Å². The van der Waals surface area contributed by atoms with Gasteiger partial charge in [0.2, 0.25) is 5.95 Å². The Kier molecular flexibility index (Phi) is 4.30. The maximum atomic E-state index is 13.0. The van der Waals surface area contributed by atoms with E-state index in [-0.39, 0.29) is 5.69 Å². The van der Waals surface area contributed by atoms with Gasteiger partial charge >= 0.3 is 5.69 Å². The van der Waals surface area contributed by atoms with Crippen molar-refractivity contribution in [1.82, 2.24) is 24.1 Å². The number of hydrogen-bond donors (Lipinski definition) is 1. The van der Waals surface area contributed by atoms with Gasteiger partial charge in [0.05, 0.1) is 28.0 Å². The molecule has 5 rings (SSSR count). The van der Waals surface area contributed by atoms with E-state index >= 15 is 0 Å². The maximum Gasteiger partial charge on any atom is 0.331 e. The van der Waals surface area contributed by atoms with Gasteiger partial charge in [-0.2, -0.15) is 10.2 Å². The third-order valence-corrected chi connectivity index (χ3v) is 6.71. The molecule has 4 heterocycles. The third kappa shape index (κ3) is 2.70. The summed E-state index contributed by atoms with van der Waals surface area (Å²) in [5, 5.41) is 13.2. The lowest BCUT2D eigenvalue weighted by atomic mass is 9.91. The molecule has 1 saturated heterocycles. The van der Waals surface area contributed by atoms with E-state index in [2.05, 4.69) is 26.3 Å². The van der Waals surface area contributed by atoms with Crippen molar-refractivity contribution in [3.8, 4) is 6.07 Å². The molecule has 0 spiro atoms. The zero-order chi connectivity index (χ0) is 20.9. The average molecular weight is 421 g/mol. The number of ether oxygens (including phenoxy) is 1. The second-order valence-corrected chi connectivity index (χ2v) is 8.25. The van der Waals surface area contributed by atoms with Crippen molar-refractivity contribution in [2.45, 2.75) is 25.3 Å². The Labute approximate surface area is 175 Å². The summed E-state index contributed by atoms with van der Waals surface area (Å²) in [6.07, 6.45) is 2.50. The van der Waals surface area contributed by atoms with Gasteiger partial charge < -0.3 is 10.1 Å². The van der Waals surface area contributed by atoms with E-state index < -0.39 is 5.54 Å². The fraction of sp³-hybridized carbons (Fsp3) is 0.350. The molecule has 0 unspecified atom stereocenters. The van der Waals surface area contributed by atoms with Crippen LogP contribution in [0.2, 0.25) is 0 Å². The molecule has 3 aromatic heterocycles. The van der Waals surface area contributed by atoms with Gasteiger partial charge in [0.25, 0.3) is 0 Å². The van der Waals surface area contributed by atoms with E-state index in [4.69, 9.17) is 4.74 Å². The molecule has 4 aromatic rings. The summed E-state index contributed by atoms with van der Waals surface area (Å²) < 4.78 is 9.53. The normalized spacial score (nSPS) is 16.0. The highest BCUT2D eigenvalue weighted by Gasteiger charge is 2.38. The number of hydrogen-bond acceptors (Lipinski definition) is 8. The quantitative estimate of drug-likeness (QED) is 0.541. The Balaban J connectivity index is 1.64. The largest absolute Gasteiger partial charge is 0.381 e. The molecule has 1 fully saturated rings. The Morgan fingerprint density at radius 3 is 2.87 bits per heavy atom. The van der Waals surface area contributed by atoms with Crippen LogP contribution in [0.4, 0.5) is 11.6 Å². The molecular weight excluding hydrogens is 402 g/mol. The predicted molar refractivity (Wildman–Crippen MR) is 114 cm³/mol. The van der Waals surface area contributed by atoms with E-state index in [0.29, 0.717) is 43.2 Å². The number of thiazole rings is 1. The first-order chi connectivity index (χ1) is 14.5. The van der Waals surface area contributed by atoms with Crippen LogP contribution in [0.15, 0.2) is 28.6 Å². The Bertz CT molecular complexity index is 1370. The van der Waals surface area contributed by atoms with Crippen molar-refractivity contribution in [3.05, 3.63) is 39.9 Å². The number of nitriles is 1. The van der Waals surface area contributed by atoms with Crippen LogP contribution in [-0.4, -0.2) is 37.3 Å². The number of anilines is 2. The number of aryl methyl sites for hydroxylation is 2. The maximum absolute atomic E-state index is 13.0. The van der Waals surface area contributed by atoms with Crippen LogP contribution in [-0.2, 0) is 17.3 Å². The number of nitrogens with zero attached hydrogens (tertiary/aromatic N) is 6. The van der Waals surface area contributed by atoms with Crippen LogP contribution >= 0.6 is 11.3 Å². The van der Waals surface area contributed by atoms with Gasteiger partial charge in [-0.25, -0.2) is 14.8 Å². The number of rotatable bonds is 3. The number of aromatic nitrogens is 5. The Morgan fingerprint density at radius 1 is 1.30 bits per heavy atom. The molecule has 0 saturated carbocycles. The summed E-state index contributed by atoms with van der Waals surface area (Å²) >= 11 is 1.58. The van der Waals surface area contributed by atoms with Gasteiger partial charge in [-0.3, -0.25) is 9.13 Å². The topological polar surface area (TPSA) is 111 Å². The SMILES string of the molecule is Cc1c(Nc2ncc3c(n2)n(C2(C#N)CCOCC2)c(=O)n3C)ccc2ncsc12. The molecule has 0 radical (unpaired) electrons. The molecule has 1 N–H and O–H groups in total. The minimum absolute atomic E-state index is 0.276. The Hall–Kier alpha value is -3.29. The molecule has 0 aliphatic carbocycles. The van der Waals surface area contributed by atoms with E-state index in [1.807, 2.05) is 24.6 Å². The van der Waals surface area contributed by atoms with Crippen LogP contribution in [0.5, 0.6) is 0 Å². The zero-order valence-corrected chi connectivity index (χ0v) is 17.4.